The van der Waals surface area contributed by atoms with E-state index in [0.717, 1.165) is 13.7 Å². The van der Waals surface area contributed by atoms with E-state index in [0.29, 0.717) is 9.26 Å². The topological polar surface area (TPSA) is 148 Å². The fraction of sp³-hybridized carbons (Fsp3) is 0.231. The second-order valence-electron chi connectivity index (χ2n) is 8.91. The number of rotatable bonds is 7. The summed E-state index contributed by atoms with van der Waals surface area (Å²) in [7, 11) is 1.40. The first-order valence-corrected chi connectivity index (χ1v) is 12.8. The van der Waals surface area contributed by atoms with E-state index in [2.05, 4.69) is 10.6 Å². The van der Waals surface area contributed by atoms with Crippen LogP contribution in [0.25, 0.3) is 16.6 Å². The number of benzene rings is 2. The van der Waals surface area contributed by atoms with Gasteiger partial charge in [0.25, 0.3) is 11.1 Å². The Morgan fingerprint density at radius 1 is 1.13 bits per heavy atom. The molecule has 2 aromatic carbocycles. The van der Waals surface area contributed by atoms with Crippen molar-refractivity contribution in [2.45, 2.75) is 26.5 Å². The maximum Gasteiger partial charge on any atom is 0.336 e. The molecule has 2 heterocycles. The summed E-state index contributed by atoms with van der Waals surface area (Å²) < 4.78 is 18.5. The number of fused-ring (bicyclic) bond motifs is 1. The third-order valence-corrected chi connectivity index (χ3v) is 6.78. The molecule has 13 heteroatoms. The summed E-state index contributed by atoms with van der Waals surface area (Å²) in [5.74, 6) is -1.06. The second-order valence-corrected chi connectivity index (χ2v) is 10.2. The standard InChI is InChI=1S/C26H25FIN5O6/c1-13-22-21(23(31(3)24(13)37)30-20-8-7-15(28)9-19(20)27)25(38)32(11-18(36)12-34)26(39)33(22)17-6-4-5-16(10-17)29-14(2)35/h4-10,18,30,34,36H,11-12H2,1-3H3,(H,29,35)/t18-/m0/s1. The van der Waals surface area contributed by atoms with Gasteiger partial charge < -0.3 is 20.8 Å². The van der Waals surface area contributed by atoms with Gasteiger partial charge in [-0.1, -0.05) is 6.07 Å². The van der Waals surface area contributed by atoms with E-state index in [4.69, 9.17) is 0 Å². The van der Waals surface area contributed by atoms with Gasteiger partial charge in [-0.25, -0.2) is 9.18 Å². The Morgan fingerprint density at radius 3 is 2.49 bits per heavy atom. The zero-order chi connectivity index (χ0) is 28.6. The molecule has 0 saturated carbocycles. The molecule has 1 amide bonds. The molecule has 4 N–H and O–H groups in total. The summed E-state index contributed by atoms with van der Waals surface area (Å²) in [6.07, 6.45) is -1.44. The lowest BCUT2D eigenvalue weighted by Crippen LogP contribution is -2.44. The van der Waals surface area contributed by atoms with Crippen LogP contribution in [-0.4, -0.2) is 42.5 Å². The van der Waals surface area contributed by atoms with Crippen LogP contribution in [0.1, 0.15) is 12.5 Å². The van der Waals surface area contributed by atoms with E-state index < -0.39 is 41.9 Å². The van der Waals surface area contributed by atoms with Crippen LogP contribution in [0, 0.1) is 16.3 Å². The number of halogens is 2. The van der Waals surface area contributed by atoms with Crippen molar-refractivity contribution in [3.8, 4) is 5.69 Å². The SMILES string of the molecule is CC(=O)Nc1cccc(-n2c(=O)n(C[C@H](O)CO)c(=O)c3c(Nc4ccc(I)cc4F)n(C)c(=O)c(C)c32)c1. The van der Waals surface area contributed by atoms with E-state index in [1.54, 1.807) is 24.3 Å². The average Bonchev–Trinajstić information content (AvgIpc) is 2.88. The molecule has 0 unspecified atom stereocenters. The smallest absolute Gasteiger partial charge is 0.336 e. The number of aliphatic hydroxyl groups excluding tert-OH is 2. The fourth-order valence-electron chi connectivity index (χ4n) is 4.30. The van der Waals surface area contributed by atoms with Gasteiger partial charge >= 0.3 is 5.69 Å². The first-order chi connectivity index (χ1) is 18.4. The number of pyridine rings is 1. The minimum Gasteiger partial charge on any atom is -0.394 e. The number of carbonyl (C=O) groups excluding carboxylic acids is 1. The monoisotopic (exact) mass is 649 g/mol. The predicted octanol–water partition coefficient (Wildman–Crippen LogP) is 1.96. The Kier molecular flexibility index (Phi) is 8.04. The first kappa shape index (κ1) is 28.2. The van der Waals surface area contributed by atoms with Gasteiger partial charge in [0, 0.05) is 28.8 Å². The highest BCUT2D eigenvalue weighted by Gasteiger charge is 2.24. The fourth-order valence-corrected chi connectivity index (χ4v) is 4.76. The van der Waals surface area contributed by atoms with Gasteiger partial charge in [-0.15, -0.1) is 0 Å². The largest absolute Gasteiger partial charge is 0.394 e. The lowest BCUT2D eigenvalue weighted by Gasteiger charge is -2.21. The normalized spacial score (nSPS) is 12.0. The van der Waals surface area contributed by atoms with E-state index in [-0.39, 0.29) is 39.6 Å². The number of nitrogens with zero attached hydrogens (tertiary/aromatic N) is 3. The van der Waals surface area contributed by atoms with Crippen molar-refractivity contribution in [3.63, 3.8) is 0 Å². The molecule has 4 rings (SSSR count). The number of carbonyl (C=O) groups is 1. The summed E-state index contributed by atoms with van der Waals surface area (Å²) in [6.45, 7) is 1.52. The minimum atomic E-state index is -1.44. The summed E-state index contributed by atoms with van der Waals surface area (Å²) in [5.41, 5.74) is -1.70. The lowest BCUT2D eigenvalue weighted by molar-refractivity contribution is -0.114. The quantitative estimate of drug-likeness (QED) is 0.224. The lowest BCUT2D eigenvalue weighted by atomic mass is 10.1. The van der Waals surface area contributed by atoms with Gasteiger partial charge in [0.1, 0.15) is 17.0 Å². The van der Waals surface area contributed by atoms with Crippen molar-refractivity contribution < 1.29 is 19.4 Å². The van der Waals surface area contributed by atoms with E-state index in [9.17, 15) is 33.8 Å². The third kappa shape index (κ3) is 5.37. The van der Waals surface area contributed by atoms with Crippen molar-refractivity contribution >= 4 is 56.6 Å². The highest BCUT2D eigenvalue weighted by Crippen LogP contribution is 2.28. The van der Waals surface area contributed by atoms with Crippen molar-refractivity contribution in [2.24, 2.45) is 7.05 Å². The molecule has 0 saturated heterocycles. The number of aliphatic hydroxyl groups is 2. The summed E-state index contributed by atoms with van der Waals surface area (Å²) in [6, 6.07) is 10.6. The molecule has 0 fully saturated rings. The molecule has 0 bridgehead atoms. The van der Waals surface area contributed by atoms with Crippen LogP contribution in [-0.2, 0) is 18.4 Å². The van der Waals surface area contributed by atoms with Gasteiger partial charge in [0.15, 0.2) is 0 Å². The van der Waals surface area contributed by atoms with Crippen LogP contribution in [0.2, 0.25) is 0 Å². The van der Waals surface area contributed by atoms with Crippen LogP contribution in [0.3, 0.4) is 0 Å². The Balaban J connectivity index is 2.17. The molecule has 11 nitrogen and oxygen atoms in total. The molecule has 204 valence electrons. The number of hydrogen-bond donors (Lipinski definition) is 4. The van der Waals surface area contributed by atoms with Gasteiger partial charge in [-0.2, -0.15) is 0 Å². The van der Waals surface area contributed by atoms with Crippen LogP contribution in [0.15, 0.2) is 56.8 Å². The van der Waals surface area contributed by atoms with Crippen molar-refractivity contribution in [1.29, 1.82) is 0 Å². The zero-order valence-corrected chi connectivity index (χ0v) is 23.3. The molecular weight excluding hydrogens is 624 g/mol. The minimum absolute atomic E-state index is 0.0117. The number of anilines is 3. The van der Waals surface area contributed by atoms with Crippen LogP contribution in [0.4, 0.5) is 21.6 Å². The van der Waals surface area contributed by atoms with Gasteiger partial charge in [-0.05, 0) is 65.9 Å². The van der Waals surface area contributed by atoms with Crippen molar-refractivity contribution in [3.05, 3.63) is 88.6 Å². The molecule has 2 aromatic heterocycles. The molecule has 0 radical (unpaired) electrons. The Hall–Kier alpha value is -3.82. The van der Waals surface area contributed by atoms with Gasteiger partial charge in [-0.3, -0.25) is 28.1 Å². The average molecular weight is 649 g/mol. The summed E-state index contributed by atoms with van der Waals surface area (Å²) in [5, 5.41) is 24.9. The number of hydrogen-bond acceptors (Lipinski definition) is 7. The van der Waals surface area contributed by atoms with Gasteiger partial charge in [0.05, 0.1) is 36.1 Å². The summed E-state index contributed by atoms with van der Waals surface area (Å²) >= 11 is 1.95. The Bertz CT molecular complexity index is 1800. The van der Waals surface area contributed by atoms with Crippen LogP contribution in [0.5, 0.6) is 0 Å². The zero-order valence-electron chi connectivity index (χ0n) is 21.2. The van der Waals surface area contributed by atoms with E-state index >= 15 is 0 Å². The number of amides is 1. The number of aryl methyl sites for hydroxylation is 1. The molecule has 1 atom stereocenters. The first-order valence-electron chi connectivity index (χ1n) is 11.7. The molecule has 0 aliphatic heterocycles. The second kappa shape index (κ2) is 11.1. The maximum atomic E-state index is 14.8. The van der Waals surface area contributed by atoms with Crippen LogP contribution < -0.4 is 27.4 Å². The van der Waals surface area contributed by atoms with Crippen LogP contribution >= 0.6 is 22.6 Å². The maximum absolute atomic E-state index is 14.8. The van der Waals surface area contributed by atoms with Crippen molar-refractivity contribution in [2.75, 3.05) is 17.2 Å². The molecule has 0 aliphatic carbocycles. The highest BCUT2D eigenvalue weighted by atomic mass is 127. The molecule has 39 heavy (non-hydrogen) atoms. The Morgan fingerprint density at radius 2 is 1.85 bits per heavy atom. The summed E-state index contributed by atoms with van der Waals surface area (Å²) in [4.78, 5) is 52.5. The molecule has 0 spiro atoms. The highest BCUT2D eigenvalue weighted by molar-refractivity contribution is 14.1. The van der Waals surface area contributed by atoms with Crippen molar-refractivity contribution in [1.82, 2.24) is 13.7 Å². The van der Waals surface area contributed by atoms with Gasteiger partial charge in [0.2, 0.25) is 5.91 Å². The predicted molar refractivity (Wildman–Crippen MR) is 154 cm³/mol. The molecular formula is C26H25FIN5O6. The third-order valence-electron chi connectivity index (χ3n) is 6.11. The number of aromatic nitrogens is 3. The number of nitrogens with one attached hydrogen (secondary N) is 2. The van der Waals surface area contributed by atoms with E-state index in [1.807, 2.05) is 22.6 Å². The Labute approximate surface area is 234 Å². The molecule has 4 aromatic rings. The van der Waals surface area contributed by atoms with E-state index in [1.165, 1.54) is 39.1 Å². The molecule has 0 aliphatic rings.